The van der Waals surface area contributed by atoms with Crippen LogP contribution in [0, 0.1) is 0 Å². The molecule has 1 nitrogen and oxygen atoms in total. The summed E-state index contributed by atoms with van der Waals surface area (Å²) in [5, 5.41) is 0. The minimum atomic E-state index is -4.10. The van der Waals surface area contributed by atoms with Gasteiger partial charge in [0.15, 0.2) is 8.32 Å². The third-order valence-corrected chi connectivity index (χ3v) is 5.60. The first-order chi connectivity index (χ1) is 4.83. The van der Waals surface area contributed by atoms with Crippen LogP contribution in [0.2, 0.25) is 19.6 Å². The normalized spacial score (nSPS) is 13.6. The van der Waals surface area contributed by atoms with Gasteiger partial charge in [-0.2, -0.15) is 0 Å². The van der Waals surface area contributed by atoms with Gasteiger partial charge in [-0.3, -0.25) is 4.11 Å². The molecule has 0 heterocycles. The summed E-state index contributed by atoms with van der Waals surface area (Å²) in [5.41, 5.74) is 0. The molecule has 0 bridgehead atoms. The lowest BCUT2D eigenvalue weighted by Gasteiger charge is -2.25. The molecule has 0 rings (SSSR count). The maximum absolute atomic E-state index is 12.9. The Morgan fingerprint density at radius 2 is 1.45 bits per heavy atom. The van der Waals surface area contributed by atoms with Crippen LogP contribution in [0.1, 0.15) is 0 Å². The summed E-state index contributed by atoms with van der Waals surface area (Å²) >= 11 is 0. The van der Waals surface area contributed by atoms with E-state index in [1.54, 1.807) is 19.6 Å². The van der Waals surface area contributed by atoms with Gasteiger partial charge in [0.25, 0.3) is 0 Å². The summed E-state index contributed by atoms with van der Waals surface area (Å²) in [7, 11) is -6.23. The summed E-state index contributed by atoms with van der Waals surface area (Å²) in [6, 6.07) is 0. The van der Waals surface area contributed by atoms with Crippen molar-refractivity contribution in [3.05, 3.63) is 0 Å². The second-order valence-electron chi connectivity index (χ2n) is 3.36. The van der Waals surface area contributed by atoms with Gasteiger partial charge >= 0.3 is 8.65 Å². The van der Waals surface area contributed by atoms with Crippen molar-refractivity contribution in [2.24, 2.45) is 0 Å². The van der Waals surface area contributed by atoms with Gasteiger partial charge in [-0.05, 0) is 19.6 Å². The first-order valence-electron chi connectivity index (χ1n) is 3.34. The highest BCUT2D eigenvalue weighted by atomic mass is 28.5. The highest BCUT2D eigenvalue weighted by molar-refractivity contribution is 6.82. The van der Waals surface area contributed by atoms with E-state index >= 15 is 0 Å². The Balaban J connectivity index is 4.08. The zero-order valence-corrected chi connectivity index (χ0v) is 8.96. The molecule has 0 N–H and O–H groups in total. The molecule has 11 heavy (non-hydrogen) atoms. The summed E-state index contributed by atoms with van der Waals surface area (Å²) in [4.78, 5) is 0. The Morgan fingerprint density at radius 1 is 1.09 bits per heavy atom. The smallest absolute Gasteiger partial charge is 0.430 e. The summed E-state index contributed by atoms with van der Waals surface area (Å²) in [6.07, 6.45) is -2.57. The predicted molar refractivity (Wildman–Crippen MR) is 43.2 cm³/mol. The highest BCUT2D eigenvalue weighted by Crippen LogP contribution is 2.16. The van der Waals surface area contributed by atoms with Crippen LogP contribution in [0.25, 0.3) is 0 Å². The molecule has 0 fully saturated rings. The van der Waals surface area contributed by atoms with Crippen molar-refractivity contribution in [1.82, 2.24) is 0 Å². The Labute approximate surface area is 67.0 Å². The molecule has 0 aliphatic heterocycles. The van der Waals surface area contributed by atoms with E-state index in [2.05, 4.69) is 0 Å². The fourth-order valence-corrected chi connectivity index (χ4v) is 5.54. The lowest BCUT2D eigenvalue weighted by Crippen LogP contribution is -2.48. The number of hydrogen-bond acceptors (Lipinski definition) is 1. The van der Waals surface area contributed by atoms with E-state index in [4.69, 9.17) is 4.12 Å². The Kier molecular flexibility index (Phi) is 3.79. The van der Waals surface area contributed by atoms with Crippen molar-refractivity contribution >= 4 is 17.0 Å². The van der Waals surface area contributed by atoms with E-state index in [1.165, 1.54) is 0 Å². The molecule has 6 heteroatoms. The Hall–Kier alpha value is 0.184. The molecule has 0 aliphatic carbocycles. The molecule has 0 spiro atoms. The average molecular weight is 202 g/mol. The Bertz CT molecular complexity index is 121. The summed E-state index contributed by atoms with van der Waals surface area (Å²) < 4.78 is 41.6. The van der Waals surface area contributed by atoms with Gasteiger partial charge in [0.1, 0.15) is 12.6 Å². The molecule has 0 saturated carbocycles. The van der Waals surface area contributed by atoms with Crippen molar-refractivity contribution in [2.45, 2.75) is 19.6 Å². The van der Waals surface area contributed by atoms with E-state index in [-0.39, 0.29) is 0 Å². The summed E-state index contributed by atoms with van der Waals surface area (Å²) in [5.74, 6) is 0. The third-order valence-electron chi connectivity index (χ3n) is 0.888. The second-order valence-corrected chi connectivity index (χ2v) is 10.7. The van der Waals surface area contributed by atoms with Crippen molar-refractivity contribution in [1.29, 1.82) is 0 Å². The molecule has 0 aromatic heterocycles. The van der Waals surface area contributed by atoms with Crippen LogP contribution in [-0.2, 0) is 4.12 Å². The lowest BCUT2D eigenvalue weighted by molar-refractivity contribution is 0.368. The van der Waals surface area contributed by atoms with E-state index in [0.717, 1.165) is 0 Å². The quantitative estimate of drug-likeness (QED) is 0.502. The lowest BCUT2D eigenvalue weighted by atomic mass is 11.7. The number of rotatable bonds is 4. The summed E-state index contributed by atoms with van der Waals surface area (Å²) in [6.45, 7) is 5.12. The maximum Gasteiger partial charge on any atom is 0.435 e. The minimum Gasteiger partial charge on any atom is -0.430 e. The van der Waals surface area contributed by atoms with Gasteiger partial charge in [-0.15, -0.1) is 0 Å². The van der Waals surface area contributed by atoms with Crippen LogP contribution in [-0.4, -0.2) is 29.6 Å². The van der Waals surface area contributed by atoms with Gasteiger partial charge in [0.2, 0.25) is 0 Å². The molecule has 0 aromatic carbocycles. The minimum absolute atomic E-state index is 1.28. The van der Waals surface area contributed by atoms with Crippen LogP contribution in [0.3, 0.4) is 0 Å². The predicted octanol–water partition coefficient (Wildman–Crippen LogP) is 2.27. The van der Waals surface area contributed by atoms with Crippen molar-refractivity contribution in [3.63, 3.8) is 0 Å². The first kappa shape index (κ1) is 11.2. The molecule has 0 radical (unpaired) electrons. The van der Waals surface area contributed by atoms with Gasteiger partial charge in [0.05, 0.1) is 0 Å². The molecule has 0 aromatic rings. The topological polar surface area (TPSA) is 9.23 Å². The molecule has 0 amide bonds. The number of halogens is 3. The third kappa shape index (κ3) is 4.59. The van der Waals surface area contributed by atoms with Crippen LogP contribution < -0.4 is 0 Å². The molecular formula is C5H13F3OSi2. The fourth-order valence-electron chi connectivity index (χ4n) is 0.639. The zero-order valence-electron chi connectivity index (χ0n) is 6.96. The van der Waals surface area contributed by atoms with Gasteiger partial charge in [0, 0.05) is 0 Å². The molecule has 68 valence electrons. The monoisotopic (exact) mass is 202 g/mol. The zero-order chi connectivity index (χ0) is 9.12. The largest absolute Gasteiger partial charge is 0.435 e. The van der Waals surface area contributed by atoms with Crippen LogP contribution in [0.5, 0.6) is 0 Å². The van der Waals surface area contributed by atoms with Crippen molar-refractivity contribution in [2.75, 3.05) is 12.6 Å². The van der Waals surface area contributed by atoms with Crippen LogP contribution >= 0.6 is 0 Å². The van der Waals surface area contributed by atoms with E-state index in [1.807, 2.05) is 0 Å². The Morgan fingerprint density at radius 3 is 1.55 bits per heavy atom. The molecule has 0 unspecified atom stereocenters. The van der Waals surface area contributed by atoms with Gasteiger partial charge in [-0.1, -0.05) is 0 Å². The standard InChI is InChI=1S/C5H13F3OSi2/c1-10(2,3)9-11(8,4-6)5-7/h4-5H2,1-3H3. The highest BCUT2D eigenvalue weighted by Gasteiger charge is 2.41. The molecule has 0 atom stereocenters. The second kappa shape index (κ2) is 3.73. The van der Waals surface area contributed by atoms with E-state index in [9.17, 15) is 12.9 Å². The average Bonchev–Trinajstić information content (AvgIpc) is 1.84. The number of hydrogen-bond donors (Lipinski definition) is 0. The van der Waals surface area contributed by atoms with Crippen molar-refractivity contribution in [3.8, 4) is 0 Å². The van der Waals surface area contributed by atoms with Gasteiger partial charge in [-0.25, -0.2) is 8.78 Å². The maximum atomic E-state index is 12.9. The van der Waals surface area contributed by atoms with E-state index in [0.29, 0.717) is 0 Å². The van der Waals surface area contributed by atoms with Crippen LogP contribution in [0.15, 0.2) is 0 Å². The fraction of sp³-hybridized carbons (Fsp3) is 1.00. The SMILES string of the molecule is C[Si](C)(C)O[Si](F)(CF)CF. The number of alkyl halides is 2. The van der Waals surface area contributed by atoms with E-state index < -0.39 is 29.6 Å². The van der Waals surface area contributed by atoms with Crippen LogP contribution in [0.4, 0.5) is 12.9 Å². The molecule has 0 saturated heterocycles. The molecular weight excluding hydrogens is 189 g/mol. The van der Waals surface area contributed by atoms with Gasteiger partial charge < -0.3 is 4.12 Å². The first-order valence-corrected chi connectivity index (χ1v) is 8.95. The van der Waals surface area contributed by atoms with Crippen molar-refractivity contribution < 1.29 is 17.0 Å². The molecule has 0 aliphatic rings.